The van der Waals surface area contributed by atoms with E-state index in [-0.39, 0.29) is 5.91 Å². The standard InChI is InChI=1S/C12H13N3OS/c1-8-3-5-10(6-4-8)11-7-17-12(13-11)15-14-9(2)16/h3-7H,1-2H3,(H,13,15)(H,14,16)/p+1. The Bertz CT molecular complexity index is 519. The maximum Gasteiger partial charge on any atom is 0.355 e. The van der Waals surface area contributed by atoms with Crippen molar-refractivity contribution in [3.8, 4) is 11.3 Å². The number of amides is 1. The zero-order chi connectivity index (χ0) is 12.3. The summed E-state index contributed by atoms with van der Waals surface area (Å²) in [6, 6.07) is 8.27. The molecule has 5 heteroatoms. The summed E-state index contributed by atoms with van der Waals surface area (Å²) in [5.41, 5.74) is 8.73. The number of hydrogen-bond acceptors (Lipinski definition) is 3. The highest BCUT2D eigenvalue weighted by Crippen LogP contribution is 2.20. The van der Waals surface area contributed by atoms with Gasteiger partial charge in [0, 0.05) is 17.9 Å². The molecular weight excluding hydrogens is 234 g/mol. The molecular formula is C12H14N3OS+. The monoisotopic (exact) mass is 248 g/mol. The molecule has 1 heterocycles. The van der Waals surface area contributed by atoms with Crippen LogP contribution in [0.3, 0.4) is 0 Å². The number of hydrazine groups is 1. The average molecular weight is 248 g/mol. The highest BCUT2D eigenvalue weighted by atomic mass is 32.1. The smallest absolute Gasteiger partial charge is 0.272 e. The molecule has 0 radical (unpaired) electrons. The van der Waals surface area contributed by atoms with E-state index in [9.17, 15) is 4.79 Å². The van der Waals surface area contributed by atoms with Crippen molar-refractivity contribution in [2.45, 2.75) is 13.8 Å². The Balaban J connectivity index is 2.12. The summed E-state index contributed by atoms with van der Waals surface area (Å²) in [6.45, 7) is 3.52. The Morgan fingerprint density at radius 2 is 2.00 bits per heavy atom. The van der Waals surface area contributed by atoms with E-state index in [0.29, 0.717) is 0 Å². The van der Waals surface area contributed by atoms with E-state index in [0.717, 1.165) is 16.4 Å². The number of aryl methyl sites for hydroxylation is 1. The summed E-state index contributed by atoms with van der Waals surface area (Å²) in [5.74, 6) is -0.122. The van der Waals surface area contributed by atoms with Gasteiger partial charge < -0.3 is 0 Å². The molecule has 17 heavy (non-hydrogen) atoms. The molecule has 0 atom stereocenters. The van der Waals surface area contributed by atoms with Crippen molar-refractivity contribution in [1.82, 2.24) is 5.43 Å². The number of H-pyrrole nitrogens is 1. The van der Waals surface area contributed by atoms with Gasteiger partial charge in [-0.15, -0.1) is 0 Å². The lowest BCUT2D eigenvalue weighted by atomic mass is 10.1. The Hall–Kier alpha value is -1.88. The molecule has 0 saturated heterocycles. The lowest BCUT2D eigenvalue weighted by molar-refractivity contribution is -0.341. The number of hydrogen-bond donors (Lipinski definition) is 2. The summed E-state index contributed by atoms with van der Waals surface area (Å²) in [5, 5.41) is 2.81. The van der Waals surface area contributed by atoms with Gasteiger partial charge in [-0.1, -0.05) is 41.2 Å². The third-order valence-electron chi connectivity index (χ3n) is 2.26. The average Bonchev–Trinajstić information content (AvgIpc) is 2.76. The van der Waals surface area contributed by atoms with Gasteiger partial charge in [0.25, 0.3) is 5.91 Å². The zero-order valence-electron chi connectivity index (χ0n) is 9.70. The second-order valence-electron chi connectivity index (χ2n) is 3.78. The van der Waals surface area contributed by atoms with E-state index in [4.69, 9.17) is 0 Å². The van der Waals surface area contributed by atoms with Crippen molar-refractivity contribution in [2.75, 3.05) is 5.43 Å². The van der Waals surface area contributed by atoms with Gasteiger partial charge in [0.1, 0.15) is 5.69 Å². The number of anilines is 1. The molecule has 0 spiro atoms. The molecule has 0 saturated carbocycles. The lowest BCUT2D eigenvalue weighted by Crippen LogP contribution is -2.29. The molecule has 1 aromatic carbocycles. The number of benzene rings is 1. The number of rotatable bonds is 3. The van der Waals surface area contributed by atoms with E-state index in [1.54, 1.807) is 0 Å². The van der Waals surface area contributed by atoms with Crippen LogP contribution < -0.4 is 15.8 Å². The normalized spacial score (nSPS) is 10.0. The second-order valence-corrected chi connectivity index (χ2v) is 4.66. The minimum atomic E-state index is -0.122. The molecule has 2 aromatic rings. The number of aromatic amines is 1. The molecule has 0 aliphatic rings. The van der Waals surface area contributed by atoms with Crippen LogP contribution in [-0.2, 0) is 4.79 Å². The van der Waals surface area contributed by atoms with Gasteiger partial charge in [0.15, 0.2) is 0 Å². The molecule has 88 valence electrons. The fourth-order valence-electron chi connectivity index (χ4n) is 1.38. The maximum atomic E-state index is 10.7. The van der Waals surface area contributed by atoms with Gasteiger partial charge in [-0.2, -0.15) is 10.9 Å². The van der Waals surface area contributed by atoms with Gasteiger partial charge in [0.2, 0.25) is 0 Å². The quantitative estimate of drug-likeness (QED) is 0.816. The van der Waals surface area contributed by atoms with Gasteiger partial charge >= 0.3 is 5.13 Å². The highest BCUT2D eigenvalue weighted by Gasteiger charge is 2.09. The van der Waals surface area contributed by atoms with Gasteiger partial charge in [0.05, 0.1) is 0 Å². The van der Waals surface area contributed by atoms with Crippen LogP contribution in [0.4, 0.5) is 5.13 Å². The first-order chi connectivity index (χ1) is 8.15. The largest absolute Gasteiger partial charge is 0.355 e. The Morgan fingerprint density at radius 3 is 2.65 bits per heavy atom. The first kappa shape index (κ1) is 11.6. The van der Waals surface area contributed by atoms with Crippen molar-refractivity contribution >= 4 is 22.4 Å². The molecule has 3 N–H and O–H groups in total. The van der Waals surface area contributed by atoms with E-state index >= 15 is 0 Å². The van der Waals surface area contributed by atoms with Crippen LogP contribution in [0, 0.1) is 6.92 Å². The molecule has 0 bridgehead atoms. The molecule has 4 nitrogen and oxygen atoms in total. The zero-order valence-corrected chi connectivity index (χ0v) is 10.5. The lowest BCUT2D eigenvalue weighted by Gasteiger charge is -1.95. The summed E-state index contributed by atoms with van der Waals surface area (Å²) in [6.07, 6.45) is 0. The van der Waals surface area contributed by atoms with Gasteiger partial charge in [-0.3, -0.25) is 4.79 Å². The highest BCUT2D eigenvalue weighted by molar-refractivity contribution is 7.13. The summed E-state index contributed by atoms with van der Waals surface area (Å²) in [4.78, 5) is 13.9. The third kappa shape index (κ3) is 3.04. The van der Waals surface area contributed by atoms with Crippen LogP contribution in [0.2, 0.25) is 0 Å². The van der Waals surface area contributed by atoms with E-state index < -0.39 is 0 Å². The minimum absolute atomic E-state index is 0.122. The first-order valence-corrected chi connectivity index (χ1v) is 6.13. The molecule has 0 unspecified atom stereocenters. The van der Waals surface area contributed by atoms with Crippen LogP contribution in [-0.4, -0.2) is 5.91 Å². The molecule has 0 aliphatic carbocycles. The van der Waals surface area contributed by atoms with Crippen LogP contribution in [0.5, 0.6) is 0 Å². The van der Waals surface area contributed by atoms with E-state index in [2.05, 4.69) is 47.0 Å². The molecule has 2 rings (SSSR count). The first-order valence-electron chi connectivity index (χ1n) is 5.25. The molecule has 1 aromatic heterocycles. The number of aromatic nitrogens is 1. The molecule has 0 aliphatic heterocycles. The minimum Gasteiger partial charge on any atom is -0.272 e. The van der Waals surface area contributed by atoms with Crippen molar-refractivity contribution in [2.24, 2.45) is 0 Å². The number of thiazole rings is 1. The van der Waals surface area contributed by atoms with E-state index in [1.807, 2.05) is 5.38 Å². The van der Waals surface area contributed by atoms with Crippen LogP contribution in [0.1, 0.15) is 12.5 Å². The predicted molar refractivity (Wildman–Crippen MR) is 68.5 cm³/mol. The summed E-state index contributed by atoms with van der Waals surface area (Å²) >= 11 is 1.51. The van der Waals surface area contributed by atoms with Crippen molar-refractivity contribution in [3.05, 3.63) is 35.2 Å². The summed E-state index contributed by atoms with van der Waals surface area (Å²) < 4.78 is 0. The van der Waals surface area contributed by atoms with Crippen molar-refractivity contribution in [3.63, 3.8) is 0 Å². The predicted octanol–water partition coefficient (Wildman–Crippen LogP) is 2.00. The maximum absolute atomic E-state index is 10.7. The third-order valence-corrected chi connectivity index (χ3v) is 3.05. The molecule has 1 amide bonds. The second kappa shape index (κ2) is 4.97. The van der Waals surface area contributed by atoms with Crippen LogP contribution in [0.15, 0.2) is 29.6 Å². The Labute approximate surface area is 104 Å². The number of nitrogens with one attached hydrogen (secondary N) is 3. The topological polar surface area (TPSA) is 55.3 Å². The Kier molecular flexibility index (Phi) is 3.39. The van der Waals surface area contributed by atoms with E-state index in [1.165, 1.54) is 23.8 Å². The van der Waals surface area contributed by atoms with Crippen molar-refractivity contribution in [1.29, 1.82) is 0 Å². The fraction of sp³-hybridized carbons (Fsp3) is 0.167. The SMILES string of the molecule is CC(=O)NNc1[nH+]c(-c2ccc(C)cc2)cs1. The van der Waals surface area contributed by atoms with Gasteiger partial charge in [-0.05, 0) is 6.92 Å². The molecule has 0 fully saturated rings. The number of carbonyl (C=O) groups excluding carboxylic acids is 1. The fourth-order valence-corrected chi connectivity index (χ4v) is 2.09. The van der Waals surface area contributed by atoms with Crippen molar-refractivity contribution < 1.29 is 9.78 Å². The number of carbonyl (C=O) groups is 1. The van der Waals surface area contributed by atoms with Crippen LogP contribution in [0.25, 0.3) is 11.3 Å². The summed E-state index contributed by atoms with van der Waals surface area (Å²) in [7, 11) is 0. The van der Waals surface area contributed by atoms with Crippen LogP contribution >= 0.6 is 11.3 Å². The van der Waals surface area contributed by atoms with Gasteiger partial charge in [-0.25, -0.2) is 4.98 Å². The Morgan fingerprint density at radius 1 is 1.29 bits per heavy atom.